The highest BCUT2D eigenvalue weighted by molar-refractivity contribution is 7.23. The molecule has 0 radical (unpaired) electrons. The zero-order valence-corrected chi connectivity index (χ0v) is 58.0. The lowest BCUT2D eigenvalue weighted by atomic mass is 9.86. The maximum absolute atomic E-state index is 16.0. The van der Waals surface area contributed by atoms with Gasteiger partial charge in [0.1, 0.15) is 71.6 Å². The van der Waals surface area contributed by atoms with Gasteiger partial charge in [-0.2, -0.15) is 0 Å². The molecule has 14 nitrogen and oxygen atoms in total. The molecule has 0 spiro atoms. The number of nitrogens with zero attached hydrogens (tertiary/aromatic N) is 3. The summed E-state index contributed by atoms with van der Waals surface area (Å²) in [6, 6.07) is 55.9. The SMILES string of the molecule is O=C(c1c(O)cc(OCCN2CCCCC2)cc1-c1c(-c2ccc(O)cc2)sc2ccccc12)c1c(O)cc(OCCN2CCCCC2)cc1-c1c(-c2ccc(O)cc2)sc2ccccc12.O=C(c1ccc(OCCN2CCCCC2)cc1)c1c(-c2ccc(O)cc2)sc2cc(O)ccc12. The number of carbonyl (C=O) groups is 2. The molecule has 6 heterocycles. The summed E-state index contributed by atoms with van der Waals surface area (Å²) in [7, 11) is 0. The molecule has 3 aromatic heterocycles. The third-order valence-corrected chi connectivity index (χ3v) is 22.8. The number of ether oxygens (including phenoxy) is 3. The van der Waals surface area contributed by atoms with Crippen LogP contribution in [0.5, 0.6) is 51.7 Å². The third kappa shape index (κ3) is 15.1. The molecule has 17 heteroatoms. The van der Waals surface area contributed by atoms with Crippen molar-refractivity contribution in [3.8, 4) is 105 Å². The van der Waals surface area contributed by atoms with E-state index in [1.165, 1.54) is 55.6 Å². The Labute approximate surface area is 593 Å². The summed E-state index contributed by atoms with van der Waals surface area (Å²) in [5.74, 6) is 0.981. The van der Waals surface area contributed by atoms with Gasteiger partial charge in [-0.1, -0.05) is 55.7 Å². The number of benzene rings is 9. The number of rotatable bonds is 21. The highest BCUT2D eigenvalue weighted by Gasteiger charge is 2.32. The number of phenols is 6. The van der Waals surface area contributed by atoms with E-state index >= 15 is 4.79 Å². The zero-order valence-electron chi connectivity index (χ0n) is 55.5. The van der Waals surface area contributed by atoms with Crippen molar-refractivity contribution in [2.75, 3.05) is 78.7 Å². The fourth-order valence-corrected chi connectivity index (χ4v) is 17.7. The molecule has 3 fully saturated rings. The van der Waals surface area contributed by atoms with E-state index in [1.807, 2.05) is 109 Å². The molecule has 3 saturated heterocycles. The Hall–Kier alpha value is -9.72. The first-order valence-corrected chi connectivity index (χ1v) is 37.0. The topological polar surface area (TPSA) is 193 Å². The molecule has 12 aromatic rings. The smallest absolute Gasteiger partial charge is 0.201 e. The van der Waals surface area contributed by atoms with Crippen molar-refractivity contribution in [1.29, 1.82) is 0 Å². The van der Waals surface area contributed by atoms with E-state index < -0.39 is 5.78 Å². The number of thiophene rings is 3. The minimum absolute atomic E-state index is 0.0167. The summed E-state index contributed by atoms with van der Waals surface area (Å²) in [5.41, 5.74) is 6.08. The van der Waals surface area contributed by atoms with E-state index in [0.717, 1.165) is 163 Å². The molecule has 0 saturated carbocycles. The normalized spacial score (nSPS) is 14.6. The van der Waals surface area contributed by atoms with Crippen molar-refractivity contribution >= 4 is 75.8 Å². The first kappa shape index (κ1) is 67.5. The number of fused-ring (bicyclic) bond motifs is 3. The molecule has 0 unspecified atom stereocenters. The van der Waals surface area contributed by atoms with Gasteiger partial charge in [-0.15, -0.1) is 34.0 Å². The molecular weight excluding hydrogens is 1310 g/mol. The van der Waals surface area contributed by atoms with Crippen molar-refractivity contribution in [3.63, 3.8) is 0 Å². The molecule has 0 bridgehead atoms. The van der Waals surface area contributed by atoms with Crippen molar-refractivity contribution in [3.05, 3.63) is 210 Å². The number of ketones is 2. The van der Waals surface area contributed by atoms with Crippen LogP contribution in [0.1, 0.15) is 89.6 Å². The van der Waals surface area contributed by atoms with Gasteiger partial charge in [0.25, 0.3) is 0 Å². The highest BCUT2D eigenvalue weighted by Crippen LogP contribution is 2.53. The standard InChI is InChI=1S/C55H52N2O7S2.C28H27NO4S/c58-37-19-15-35(16-20-37)54-49(41-11-3-5-13-47(41)65-54)43-31-39(63-29-27-56-23-7-1-8-24-56)33-45(60)51(43)53(62)52-44(32-40(34-46(52)61)64-30-28-57-25-9-2-10-26-57)50-42-12-4-6-14-48(42)66-55(50)36-17-21-38(59)22-18-36;30-21-8-4-20(5-9-21)28-26(24-13-10-22(31)18-25(24)34-28)27(32)19-6-11-23(12-7-19)33-17-16-29-14-2-1-3-15-29/h3-6,11-22,31-34,58-61H,1-2,7-10,23-30H2;4-13,18,30-31H,1-3,14-17H2. The lowest BCUT2D eigenvalue weighted by molar-refractivity contribution is 0.102. The van der Waals surface area contributed by atoms with Crippen LogP contribution in [-0.4, -0.2) is 136 Å². The van der Waals surface area contributed by atoms with Crippen LogP contribution in [0.3, 0.4) is 0 Å². The Morgan fingerprint density at radius 3 is 1.15 bits per heavy atom. The highest BCUT2D eigenvalue weighted by atomic mass is 32.1. The summed E-state index contributed by atoms with van der Waals surface area (Å²) in [6.07, 6.45) is 10.9. The van der Waals surface area contributed by atoms with Gasteiger partial charge < -0.3 is 44.8 Å². The van der Waals surface area contributed by atoms with E-state index in [1.54, 1.807) is 89.4 Å². The summed E-state index contributed by atoms with van der Waals surface area (Å²) >= 11 is 4.58. The zero-order chi connectivity index (χ0) is 68.6. The monoisotopic (exact) mass is 1390 g/mol. The molecule has 100 heavy (non-hydrogen) atoms. The summed E-state index contributed by atoms with van der Waals surface area (Å²) in [6.45, 7) is 10.2. The fraction of sp³-hybridized carbons (Fsp3) is 0.253. The summed E-state index contributed by atoms with van der Waals surface area (Å²) < 4.78 is 21.6. The van der Waals surface area contributed by atoms with Crippen LogP contribution < -0.4 is 14.2 Å². The molecule has 3 aliphatic rings. The minimum atomic E-state index is -0.575. The predicted molar refractivity (Wildman–Crippen MR) is 403 cm³/mol. The van der Waals surface area contributed by atoms with Gasteiger partial charge >= 0.3 is 0 Å². The van der Waals surface area contributed by atoms with Gasteiger partial charge in [0, 0.05) is 110 Å². The summed E-state index contributed by atoms with van der Waals surface area (Å²) in [4.78, 5) is 39.3. The minimum Gasteiger partial charge on any atom is -0.508 e. The number of aromatic hydroxyl groups is 6. The maximum atomic E-state index is 16.0. The largest absolute Gasteiger partial charge is 0.508 e. The van der Waals surface area contributed by atoms with Gasteiger partial charge in [-0.3, -0.25) is 24.3 Å². The molecular formula is C83H79N3O11S3. The van der Waals surface area contributed by atoms with Gasteiger partial charge in [-0.25, -0.2) is 0 Å². The second kappa shape index (κ2) is 30.8. The second-order valence-electron chi connectivity index (χ2n) is 25.9. The number of likely N-dealkylation sites (tertiary alicyclic amines) is 3. The lowest BCUT2D eigenvalue weighted by Gasteiger charge is -2.26. The molecule has 9 aromatic carbocycles. The van der Waals surface area contributed by atoms with Crippen LogP contribution in [0.25, 0.3) is 83.8 Å². The quantitative estimate of drug-likeness (QED) is 0.0372. The lowest BCUT2D eigenvalue weighted by Crippen LogP contribution is -2.33. The van der Waals surface area contributed by atoms with Crippen molar-refractivity contribution in [2.24, 2.45) is 0 Å². The molecule has 510 valence electrons. The van der Waals surface area contributed by atoms with E-state index in [2.05, 4.69) is 14.7 Å². The van der Waals surface area contributed by atoms with Gasteiger partial charge in [0.2, 0.25) is 5.78 Å². The first-order valence-electron chi connectivity index (χ1n) is 34.5. The van der Waals surface area contributed by atoms with Gasteiger partial charge in [0.05, 0.1) is 11.1 Å². The van der Waals surface area contributed by atoms with Gasteiger partial charge in [0.15, 0.2) is 5.78 Å². The molecule has 3 aliphatic heterocycles. The van der Waals surface area contributed by atoms with Crippen LogP contribution in [0.2, 0.25) is 0 Å². The fourth-order valence-electron chi connectivity index (χ4n) is 14.0. The van der Waals surface area contributed by atoms with Crippen molar-refractivity contribution in [2.45, 2.75) is 57.8 Å². The Morgan fingerprint density at radius 2 is 0.720 bits per heavy atom. The van der Waals surface area contributed by atoms with Crippen LogP contribution in [0.4, 0.5) is 0 Å². The van der Waals surface area contributed by atoms with Crippen LogP contribution in [-0.2, 0) is 0 Å². The van der Waals surface area contributed by atoms with Crippen molar-refractivity contribution in [1.82, 2.24) is 14.7 Å². The Morgan fingerprint density at radius 1 is 0.340 bits per heavy atom. The molecule has 0 aliphatic carbocycles. The molecule has 6 N–H and O–H groups in total. The number of hydrogen-bond donors (Lipinski definition) is 6. The number of piperidine rings is 3. The van der Waals surface area contributed by atoms with Gasteiger partial charge in [-0.05, 0) is 234 Å². The van der Waals surface area contributed by atoms with Crippen molar-refractivity contribution < 1.29 is 54.4 Å². The van der Waals surface area contributed by atoms with Crippen LogP contribution in [0, 0.1) is 0 Å². The maximum Gasteiger partial charge on any atom is 0.201 e. The summed E-state index contributed by atoms with van der Waals surface area (Å²) in [5, 5.41) is 67.6. The van der Waals surface area contributed by atoms with E-state index in [0.29, 0.717) is 53.6 Å². The number of hydrogen-bond acceptors (Lipinski definition) is 17. The van der Waals surface area contributed by atoms with Crippen LogP contribution >= 0.6 is 34.0 Å². The van der Waals surface area contributed by atoms with E-state index in [4.69, 9.17) is 14.2 Å². The molecule has 15 rings (SSSR count). The molecule has 0 atom stereocenters. The third-order valence-electron chi connectivity index (χ3n) is 19.1. The first-order chi connectivity index (χ1) is 48.9. The average Bonchev–Trinajstić information content (AvgIpc) is 1.47. The Balaban J connectivity index is 0.000000210. The number of phenolic OH excluding ortho intramolecular Hbond substituents is 6. The second-order valence-corrected chi connectivity index (χ2v) is 29.1. The number of carbonyl (C=O) groups excluding carboxylic acids is 2. The van der Waals surface area contributed by atoms with E-state index in [-0.39, 0.29) is 51.4 Å². The average molecular weight is 1390 g/mol. The molecule has 0 amide bonds. The Kier molecular flexibility index (Phi) is 20.8. The van der Waals surface area contributed by atoms with Crippen LogP contribution in [0.15, 0.2) is 188 Å². The predicted octanol–water partition coefficient (Wildman–Crippen LogP) is 18.6. The van der Waals surface area contributed by atoms with E-state index in [9.17, 15) is 35.4 Å². The Bertz CT molecular complexity index is 4670.